The number of Topliss-reactive ketones (excluding diaryl/α,β-unsaturated/α-hetero) is 1. The fourth-order valence-electron chi connectivity index (χ4n) is 3.30. The summed E-state index contributed by atoms with van der Waals surface area (Å²) in [5.41, 5.74) is 3.90. The van der Waals surface area contributed by atoms with E-state index in [1.165, 1.54) is 23.6 Å². The normalized spacial score (nSPS) is 13.1. The number of rotatable bonds is 7. The van der Waals surface area contributed by atoms with Crippen molar-refractivity contribution in [2.45, 2.75) is 25.7 Å². The van der Waals surface area contributed by atoms with Crippen LogP contribution in [-0.2, 0) is 22.4 Å². The molecule has 0 fully saturated rings. The van der Waals surface area contributed by atoms with E-state index in [1.54, 1.807) is 38.5 Å². The summed E-state index contributed by atoms with van der Waals surface area (Å²) < 4.78 is 15.5. The van der Waals surface area contributed by atoms with Gasteiger partial charge in [0.15, 0.2) is 23.9 Å². The molecule has 146 valence electrons. The van der Waals surface area contributed by atoms with Crippen LogP contribution in [-0.4, -0.2) is 32.6 Å². The molecule has 3 rings (SSSR count). The molecule has 0 aromatic heterocycles. The Hall–Kier alpha value is -3.08. The number of esters is 1. The van der Waals surface area contributed by atoms with Crippen LogP contribution in [0.5, 0.6) is 11.5 Å². The lowest BCUT2D eigenvalue weighted by molar-refractivity contribution is -0.136. The Bertz CT molecular complexity index is 898. The van der Waals surface area contributed by atoms with Gasteiger partial charge in [-0.2, -0.15) is 0 Å². The van der Waals surface area contributed by atoms with Crippen LogP contribution in [0, 0.1) is 0 Å². The van der Waals surface area contributed by atoms with Crippen LogP contribution in [0.3, 0.4) is 0 Å². The maximum atomic E-state index is 12.3. The molecule has 0 amide bonds. The van der Waals surface area contributed by atoms with Gasteiger partial charge < -0.3 is 14.2 Å². The highest BCUT2D eigenvalue weighted by Crippen LogP contribution is 2.28. The van der Waals surface area contributed by atoms with E-state index in [9.17, 15) is 9.59 Å². The van der Waals surface area contributed by atoms with Crippen molar-refractivity contribution in [1.29, 1.82) is 0 Å². The van der Waals surface area contributed by atoms with Gasteiger partial charge in [0.2, 0.25) is 0 Å². The number of aryl methyl sites for hydroxylation is 2. The van der Waals surface area contributed by atoms with Crippen molar-refractivity contribution in [2.24, 2.45) is 0 Å². The first kappa shape index (κ1) is 19.7. The second-order valence-electron chi connectivity index (χ2n) is 6.67. The first-order valence-electron chi connectivity index (χ1n) is 9.32. The summed E-state index contributed by atoms with van der Waals surface area (Å²) in [6.07, 6.45) is 7.32. The average Bonchev–Trinajstić information content (AvgIpc) is 2.75. The summed E-state index contributed by atoms with van der Waals surface area (Å²) in [6.45, 7) is -0.270. The number of carbonyl (C=O) groups excluding carboxylic acids is 2. The lowest BCUT2D eigenvalue weighted by atomic mass is 9.90. The van der Waals surface area contributed by atoms with Gasteiger partial charge in [-0.3, -0.25) is 4.79 Å². The van der Waals surface area contributed by atoms with E-state index in [-0.39, 0.29) is 12.4 Å². The summed E-state index contributed by atoms with van der Waals surface area (Å²) in [6, 6.07) is 11.1. The standard InChI is InChI=1S/C23H24O5/c1-26-21-11-7-16(13-22(21)27-2)8-12-23(25)28-15-20(24)19-10-9-17-5-3-4-6-18(17)14-19/h7-14H,3-6,15H2,1-2H3/b12-8+. The second kappa shape index (κ2) is 9.22. The van der Waals surface area contributed by atoms with Gasteiger partial charge in [-0.1, -0.05) is 18.2 Å². The number of ether oxygens (including phenoxy) is 3. The molecule has 0 saturated heterocycles. The van der Waals surface area contributed by atoms with E-state index in [4.69, 9.17) is 14.2 Å². The Kier molecular flexibility index (Phi) is 6.48. The molecule has 0 atom stereocenters. The lowest BCUT2D eigenvalue weighted by Crippen LogP contribution is -2.13. The van der Waals surface area contributed by atoms with Crippen molar-refractivity contribution in [3.63, 3.8) is 0 Å². The number of hydrogen-bond acceptors (Lipinski definition) is 5. The number of carbonyl (C=O) groups is 2. The first-order chi connectivity index (χ1) is 13.6. The van der Waals surface area contributed by atoms with E-state index < -0.39 is 5.97 Å². The number of ketones is 1. The minimum absolute atomic E-state index is 0.193. The van der Waals surface area contributed by atoms with Gasteiger partial charge in [0.25, 0.3) is 0 Å². The molecule has 0 heterocycles. The number of benzene rings is 2. The van der Waals surface area contributed by atoms with E-state index in [1.807, 2.05) is 18.2 Å². The molecule has 0 spiro atoms. The zero-order valence-electron chi connectivity index (χ0n) is 16.2. The highest BCUT2D eigenvalue weighted by molar-refractivity contribution is 5.99. The van der Waals surface area contributed by atoms with E-state index in [2.05, 4.69) is 0 Å². The molecule has 2 aromatic carbocycles. The zero-order valence-corrected chi connectivity index (χ0v) is 16.2. The predicted octanol–water partition coefficient (Wildman–Crippen LogP) is 4.02. The van der Waals surface area contributed by atoms with Crippen molar-refractivity contribution < 1.29 is 23.8 Å². The minimum Gasteiger partial charge on any atom is -0.493 e. The van der Waals surface area contributed by atoms with Gasteiger partial charge in [-0.15, -0.1) is 0 Å². The van der Waals surface area contributed by atoms with Crippen molar-refractivity contribution in [2.75, 3.05) is 20.8 Å². The summed E-state index contributed by atoms with van der Waals surface area (Å²) in [5, 5.41) is 0. The van der Waals surface area contributed by atoms with Crippen LogP contribution >= 0.6 is 0 Å². The molecule has 1 aliphatic carbocycles. The van der Waals surface area contributed by atoms with Gasteiger partial charge in [-0.25, -0.2) is 4.79 Å². The van der Waals surface area contributed by atoms with E-state index in [0.717, 1.165) is 24.8 Å². The molecule has 0 unspecified atom stereocenters. The Morgan fingerprint density at radius 2 is 1.68 bits per heavy atom. The quantitative estimate of drug-likeness (QED) is 0.412. The van der Waals surface area contributed by atoms with Crippen molar-refractivity contribution in [3.05, 3.63) is 64.7 Å². The van der Waals surface area contributed by atoms with E-state index in [0.29, 0.717) is 17.1 Å². The smallest absolute Gasteiger partial charge is 0.331 e. The number of fused-ring (bicyclic) bond motifs is 1. The Morgan fingerprint density at radius 1 is 0.929 bits per heavy atom. The molecular formula is C23H24O5. The zero-order chi connectivity index (χ0) is 19.9. The molecule has 1 aliphatic rings. The predicted molar refractivity (Wildman–Crippen MR) is 107 cm³/mol. The Balaban J connectivity index is 1.56. The third-order valence-corrected chi connectivity index (χ3v) is 4.84. The molecule has 5 nitrogen and oxygen atoms in total. The summed E-state index contributed by atoms with van der Waals surface area (Å²) >= 11 is 0. The van der Waals surface area contributed by atoms with Gasteiger partial charge in [0.05, 0.1) is 14.2 Å². The van der Waals surface area contributed by atoms with E-state index >= 15 is 0 Å². The largest absolute Gasteiger partial charge is 0.493 e. The highest BCUT2D eigenvalue weighted by atomic mass is 16.5. The van der Waals surface area contributed by atoms with Crippen LogP contribution < -0.4 is 9.47 Å². The van der Waals surface area contributed by atoms with Gasteiger partial charge in [0, 0.05) is 11.6 Å². The average molecular weight is 380 g/mol. The van der Waals surface area contributed by atoms with Crippen molar-refractivity contribution in [1.82, 2.24) is 0 Å². The molecule has 0 radical (unpaired) electrons. The third kappa shape index (κ3) is 4.80. The van der Waals surface area contributed by atoms with Crippen LogP contribution in [0.1, 0.15) is 39.9 Å². The molecule has 0 N–H and O–H groups in total. The molecular weight excluding hydrogens is 356 g/mol. The SMILES string of the molecule is COc1ccc(/C=C/C(=O)OCC(=O)c2ccc3c(c2)CCCC3)cc1OC. The molecule has 0 bridgehead atoms. The van der Waals surface area contributed by atoms with Crippen LogP contribution in [0.4, 0.5) is 0 Å². The first-order valence-corrected chi connectivity index (χ1v) is 9.32. The van der Waals surface area contributed by atoms with Gasteiger partial charge in [-0.05, 0) is 66.6 Å². The van der Waals surface area contributed by atoms with Crippen LogP contribution in [0.15, 0.2) is 42.5 Å². The minimum atomic E-state index is -0.568. The van der Waals surface area contributed by atoms with Crippen molar-refractivity contribution in [3.8, 4) is 11.5 Å². The van der Waals surface area contributed by atoms with Crippen molar-refractivity contribution >= 4 is 17.8 Å². The number of hydrogen-bond donors (Lipinski definition) is 0. The Labute approximate surface area is 164 Å². The summed E-state index contributed by atoms with van der Waals surface area (Å²) in [7, 11) is 3.11. The molecule has 0 saturated carbocycles. The van der Waals surface area contributed by atoms with Gasteiger partial charge in [0.1, 0.15) is 0 Å². The fourth-order valence-corrected chi connectivity index (χ4v) is 3.30. The number of methoxy groups -OCH3 is 2. The monoisotopic (exact) mass is 380 g/mol. The second-order valence-corrected chi connectivity index (χ2v) is 6.67. The molecule has 5 heteroatoms. The summed E-state index contributed by atoms with van der Waals surface area (Å²) in [4.78, 5) is 24.3. The Morgan fingerprint density at radius 3 is 2.43 bits per heavy atom. The highest BCUT2D eigenvalue weighted by Gasteiger charge is 2.14. The van der Waals surface area contributed by atoms with Crippen LogP contribution in [0.2, 0.25) is 0 Å². The maximum absolute atomic E-state index is 12.3. The molecule has 28 heavy (non-hydrogen) atoms. The third-order valence-electron chi connectivity index (χ3n) is 4.84. The van der Waals surface area contributed by atoms with Gasteiger partial charge >= 0.3 is 5.97 Å². The summed E-state index contributed by atoms with van der Waals surface area (Å²) in [5.74, 6) is 0.417. The topological polar surface area (TPSA) is 61.8 Å². The fraction of sp³-hybridized carbons (Fsp3) is 0.304. The molecule has 2 aromatic rings. The van der Waals surface area contributed by atoms with Crippen LogP contribution in [0.25, 0.3) is 6.08 Å². The lowest BCUT2D eigenvalue weighted by Gasteiger charge is -2.16. The molecule has 0 aliphatic heterocycles. The maximum Gasteiger partial charge on any atom is 0.331 e.